The van der Waals surface area contributed by atoms with Gasteiger partial charge in [-0.2, -0.15) is 0 Å². The van der Waals surface area contributed by atoms with Crippen LogP contribution in [0.2, 0.25) is 0 Å². The quantitative estimate of drug-likeness (QED) is 0.482. The molecule has 0 bridgehead atoms. The first kappa shape index (κ1) is 17.8. The van der Waals surface area contributed by atoms with E-state index in [4.69, 9.17) is 0 Å². The largest absolute Gasteiger partial charge is 0.297 e. The van der Waals surface area contributed by atoms with Crippen LogP contribution in [-0.4, -0.2) is 15.9 Å². The maximum atomic E-state index is 13.3. The van der Waals surface area contributed by atoms with Crippen LogP contribution in [-0.2, 0) is 6.42 Å². The van der Waals surface area contributed by atoms with Crippen molar-refractivity contribution in [1.82, 2.24) is 9.97 Å². The Labute approximate surface area is 163 Å². The summed E-state index contributed by atoms with van der Waals surface area (Å²) in [5, 5.41) is 4.07. The van der Waals surface area contributed by atoms with Gasteiger partial charge in [0.1, 0.15) is 15.7 Å². The highest BCUT2D eigenvalue weighted by Crippen LogP contribution is 2.30. The summed E-state index contributed by atoms with van der Waals surface area (Å²) in [5.74, 6) is -0.568. The van der Waals surface area contributed by atoms with Gasteiger partial charge in [0, 0.05) is 5.56 Å². The highest BCUT2D eigenvalue weighted by atomic mass is 32.1. The number of nitrogens with zero attached hydrogens (tertiary/aromatic N) is 2. The van der Waals surface area contributed by atoms with Gasteiger partial charge in [-0.1, -0.05) is 42.5 Å². The first-order chi connectivity index (χ1) is 13.0. The summed E-state index contributed by atoms with van der Waals surface area (Å²) in [6.07, 6.45) is 0.983. The molecule has 136 valence electrons. The molecule has 0 saturated heterocycles. The number of halogens is 1. The van der Waals surface area contributed by atoms with Crippen LogP contribution < -0.4 is 5.32 Å². The van der Waals surface area contributed by atoms with Gasteiger partial charge in [0.2, 0.25) is 0 Å². The molecule has 2 aromatic heterocycles. The number of rotatable bonds is 4. The molecule has 2 aromatic carbocycles. The van der Waals surface area contributed by atoms with Crippen molar-refractivity contribution in [2.75, 3.05) is 5.32 Å². The molecular formula is C20H16FN3OS2. The molecule has 0 aliphatic heterocycles. The number of carbonyl (C=O) groups is 1. The van der Waals surface area contributed by atoms with Gasteiger partial charge in [-0.3, -0.25) is 10.1 Å². The van der Waals surface area contributed by atoms with E-state index in [1.165, 1.54) is 40.4 Å². The van der Waals surface area contributed by atoms with Crippen molar-refractivity contribution in [2.45, 2.75) is 20.3 Å². The van der Waals surface area contributed by atoms with E-state index in [1.54, 1.807) is 6.07 Å². The average Bonchev–Trinajstić information content (AvgIpc) is 3.24. The normalized spacial score (nSPS) is 11.1. The fraction of sp³-hybridized carbons (Fsp3) is 0.150. The Bertz CT molecular complexity index is 1130. The molecule has 0 aliphatic carbocycles. The van der Waals surface area contributed by atoms with Gasteiger partial charge in [0.05, 0.1) is 15.9 Å². The van der Waals surface area contributed by atoms with Crippen molar-refractivity contribution < 1.29 is 9.18 Å². The number of hydrogen-bond acceptors (Lipinski definition) is 5. The molecule has 0 aliphatic rings. The number of amides is 1. The van der Waals surface area contributed by atoms with Gasteiger partial charge in [0.15, 0.2) is 5.13 Å². The number of carbonyl (C=O) groups excluding carboxylic acids is 1. The summed E-state index contributed by atoms with van der Waals surface area (Å²) in [4.78, 5) is 22.1. The number of aromatic nitrogens is 2. The highest BCUT2D eigenvalue weighted by Gasteiger charge is 2.18. The van der Waals surface area contributed by atoms with E-state index < -0.39 is 0 Å². The van der Waals surface area contributed by atoms with Crippen molar-refractivity contribution in [1.29, 1.82) is 0 Å². The van der Waals surface area contributed by atoms with E-state index >= 15 is 0 Å². The lowest BCUT2D eigenvalue weighted by Gasteiger charge is -1.99. The molecule has 27 heavy (non-hydrogen) atoms. The lowest BCUT2D eigenvalue weighted by Crippen LogP contribution is -2.11. The second-order valence-corrected chi connectivity index (χ2v) is 8.10. The van der Waals surface area contributed by atoms with Crippen LogP contribution in [0.4, 0.5) is 9.52 Å². The Morgan fingerprint density at radius 3 is 2.63 bits per heavy atom. The molecule has 0 atom stereocenters. The third-order valence-electron chi connectivity index (χ3n) is 4.18. The Morgan fingerprint density at radius 1 is 1.11 bits per heavy atom. The minimum atomic E-state index is -0.318. The third-order valence-corrected chi connectivity index (χ3v) is 6.32. The fourth-order valence-electron chi connectivity index (χ4n) is 2.72. The molecule has 0 spiro atoms. The maximum absolute atomic E-state index is 13.3. The zero-order chi connectivity index (χ0) is 19.0. The molecule has 2 heterocycles. The molecule has 0 radical (unpaired) electrons. The second-order valence-electron chi connectivity index (χ2n) is 6.07. The van der Waals surface area contributed by atoms with Gasteiger partial charge in [-0.25, -0.2) is 14.4 Å². The molecule has 4 aromatic rings. The number of aryl methyl sites for hydroxylation is 2. The van der Waals surface area contributed by atoms with E-state index in [0.29, 0.717) is 25.9 Å². The first-order valence-corrected chi connectivity index (χ1v) is 10.1. The summed E-state index contributed by atoms with van der Waals surface area (Å²) in [5.41, 5.74) is 3.60. The molecular weight excluding hydrogens is 381 g/mol. The van der Waals surface area contributed by atoms with Gasteiger partial charge in [-0.15, -0.1) is 11.3 Å². The second kappa shape index (κ2) is 7.17. The Hall–Kier alpha value is -2.64. The standard InChI is InChI=1S/C20H16FN3OS2/c1-3-12-4-6-13(7-5-12)19-22-11(2)17(27-19)18(25)24-20-23-15-9-8-14(21)10-16(15)26-20/h4-10H,3H2,1-2H3,(H,23,24,25). The topological polar surface area (TPSA) is 54.9 Å². The molecule has 0 fully saturated rings. The van der Waals surface area contributed by atoms with Crippen molar-refractivity contribution in [3.05, 3.63) is 64.4 Å². The van der Waals surface area contributed by atoms with Gasteiger partial charge >= 0.3 is 0 Å². The summed E-state index contributed by atoms with van der Waals surface area (Å²) >= 11 is 2.61. The molecule has 1 N–H and O–H groups in total. The molecule has 0 unspecified atom stereocenters. The number of thiazole rings is 2. The summed E-state index contributed by atoms with van der Waals surface area (Å²) in [7, 11) is 0. The van der Waals surface area contributed by atoms with Crippen LogP contribution in [0, 0.1) is 12.7 Å². The summed E-state index contributed by atoms with van der Waals surface area (Å²) < 4.78 is 14.0. The van der Waals surface area contributed by atoms with Crippen LogP contribution in [0.1, 0.15) is 27.9 Å². The SMILES string of the molecule is CCc1ccc(-c2nc(C)c(C(=O)Nc3nc4ccc(F)cc4s3)s2)cc1. The molecule has 1 amide bonds. The van der Waals surface area contributed by atoms with Crippen molar-refractivity contribution in [3.8, 4) is 10.6 Å². The van der Waals surface area contributed by atoms with Crippen molar-refractivity contribution >= 4 is 43.9 Å². The molecule has 4 nitrogen and oxygen atoms in total. The number of fused-ring (bicyclic) bond motifs is 1. The van der Waals surface area contributed by atoms with Gasteiger partial charge in [0.25, 0.3) is 5.91 Å². The molecule has 7 heteroatoms. The lowest BCUT2D eigenvalue weighted by molar-refractivity contribution is 0.103. The number of nitrogens with one attached hydrogen (secondary N) is 1. The van der Waals surface area contributed by atoms with E-state index in [2.05, 4.69) is 34.3 Å². The van der Waals surface area contributed by atoms with Crippen molar-refractivity contribution in [2.24, 2.45) is 0 Å². The summed E-state index contributed by atoms with van der Waals surface area (Å²) in [6.45, 7) is 3.93. The fourth-order valence-corrected chi connectivity index (χ4v) is 4.57. The van der Waals surface area contributed by atoms with Crippen LogP contribution in [0.25, 0.3) is 20.8 Å². The highest BCUT2D eigenvalue weighted by molar-refractivity contribution is 7.22. The number of hydrogen-bond donors (Lipinski definition) is 1. The zero-order valence-corrected chi connectivity index (χ0v) is 16.4. The number of benzene rings is 2. The molecule has 4 rings (SSSR count). The predicted molar refractivity (Wildman–Crippen MR) is 109 cm³/mol. The van der Waals surface area contributed by atoms with Gasteiger partial charge in [-0.05, 0) is 37.1 Å². The Morgan fingerprint density at radius 2 is 1.89 bits per heavy atom. The predicted octanol–water partition coefficient (Wildman–Crippen LogP) is 5.68. The van der Waals surface area contributed by atoms with E-state index in [0.717, 1.165) is 17.0 Å². The average molecular weight is 398 g/mol. The van der Waals surface area contributed by atoms with Crippen LogP contribution >= 0.6 is 22.7 Å². The van der Waals surface area contributed by atoms with Crippen LogP contribution in [0.5, 0.6) is 0 Å². The smallest absolute Gasteiger partial charge is 0.269 e. The third kappa shape index (κ3) is 3.61. The van der Waals surface area contributed by atoms with Crippen molar-refractivity contribution in [3.63, 3.8) is 0 Å². The van der Waals surface area contributed by atoms with Gasteiger partial charge < -0.3 is 0 Å². The van der Waals surface area contributed by atoms with Crippen LogP contribution in [0.3, 0.4) is 0 Å². The zero-order valence-electron chi connectivity index (χ0n) is 14.7. The maximum Gasteiger partial charge on any atom is 0.269 e. The Balaban J connectivity index is 1.58. The Kier molecular flexibility index (Phi) is 4.72. The van der Waals surface area contributed by atoms with E-state index in [1.807, 2.05) is 19.1 Å². The number of anilines is 1. The van der Waals surface area contributed by atoms with E-state index in [-0.39, 0.29) is 11.7 Å². The first-order valence-electron chi connectivity index (χ1n) is 8.47. The van der Waals surface area contributed by atoms with Crippen LogP contribution in [0.15, 0.2) is 42.5 Å². The summed E-state index contributed by atoms with van der Waals surface area (Å²) in [6, 6.07) is 12.6. The molecule has 0 saturated carbocycles. The lowest BCUT2D eigenvalue weighted by atomic mass is 10.1. The monoisotopic (exact) mass is 397 g/mol. The van der Waals surface area contributed by atoms with E-state index in [9.17, 15) is 9.18 Å². The minimum absolute atomic E-state index is 0.249. The minimum Gasteiger partial charge on any atom is -0.297 e.